The zero-order valence-electron chi connectivity index (χ0n) is 14.1. The third-order valence-corrected chi connectivity index (χ3v) is 6.63. The SMILES string of the molecule is CC(=O)Nc1ccc(C(=O)NCc2ccc(S(=O)(=O)N(C)C)s2)cc1. The maximum atomic E-state index is 12.1. The number of nitrogens with zero attached hydrogens (tertiary/aromatic N) is 1. The van der Waals surface area contributed by atoms with E-state index < -0.39 is 10.0 Å². The van der Waals surface area contributed by atoms with E-state index in [4.69, 9.17) is 0 Å². The van der Waals surface area contributed by atoms with Crippen LogP contribution in [-0.4, -0.2) is 38.6 Å². The van der Waals surface area contributed by atoms with Crippen molar-refractivity contribution in [1.29, 1.82) is 0 Å². The number of carbonyl (C=O) groups excluding carboxylic acids is 2. The maximum absolute atomic E-state index is 12.1. The highest BCUT2D eigenvalue weighted by Crippen LogP contribution is 2.23. The Bertz CT molecular complexity index is 871. The Morgan fingerprint density at radius 2 is 1.72 bits per heavy atom. The predicted octanol–water partition coefficient (Wildman–Crippen LogP) is 1.89. The van der Waals surface area contributed by atoms with Gasteiger partial charge in [0.05, 0.1) is 6.54 Å². The van der Waals surface area contributed by atoms with Crippen molar-refractivity contribution in [3.8, 4) is 0 Å². The fourth-order valence-corrected chi connectivity index (χ4v) is 4.41. The number of benzene rings is 1. The van der Waals surface area contributed by atoms with Crippen LogP contribution >= 0.6 is 11.3 Å². The number of amides is 2. The molecule has 0 bridgehead atoms. The summed E-state index contributed by atoms with van der Waals surface area (Å²) in [6.07, 6.45) is 0. The molecular weight excluding hydrogens is 362 g/mol. The molecule has 0 unspecified atom stereocenters. The molecule has 0 atom stereocenters. The fourth-order valence-electron chi connectivity index (χ4n) is 1.95. The minimum absolute atomic E-state index is 0.182. The molecule has 0 fully saturated rings. The number of sulfonamides is 1. The first kappa shape index (κ1) is 19.1. The molecule has 9 heteroatoms. The lowest BCUT2D eigenvalue weighted by molar-refractivity contribution is -0.114. The highest BCUT2D eigenvalue weighted by molar-refractivity contribution is 7.91. The van der Waals surface area contributed by atoms with Gasteiger partial charge in [0.2, 0.25) is 5.91 Å². The van der Waals surface area contributed by atoms with Gasteiger partial charge in [0.25, 0.3) is 15.9 Å². The molecule has 25 heavy (non-hydrogen) atoms. The molecule has 2 rings (SSSR count). The van der Waals surface area contributed by atoms with Crippen molar-refractivity contribution in [1.82, 2.24) is 9.62 Å². The Balaban J connectivity index is 1.98. The minimum atomic E-state index is -3.46. The third-order valence-electron chi connectivity index (χ3n) is 3.26. The monoisotopic (exact) mass is 381 g/mol. The molecule has 1 aromatic heterocycles. The van der Waals surface area contributed by atoms with Crippen LogP contribution in [0.3, 0.4) is 0 Å². The quantitative estimate of drug-likeness (QED) is 0.799. The summed E-state index contributed by atoms with van der Waals surface area (Å²) in [6.45, 7) is 1.65. The smallest absolute Gasteiger partial charge is 0.252 e. The molecule has 7 nitrogen and oxygen atoms in total. The van der Waals surface area contributed by atoms with Gasteiger partial charge in [-0.3, -0.25) is 9.59 Å². The number of rotatable bonds is 6. The summed E-state index contributed by atoms with van der Waals surface area (Å²) in [5, 5.41) is 5.37. The van der Waals surface area contributed by atoms with Crippen LogP contribution < -0.4 is 10.6 Å². The van der Waals surface area contributed by atoms with Crippen LogP contribution in [0.1, 0.15) is 22.2 Å². The second kappa shape index (κ2) is 7.77. The second-order valence-corrected chi connectivity index (χ2v) is 9.00. The molecule has 0 saturated carbocycles. The van der Waals surface area contributed by atoms with E-state index in [1.165, 1.54) is 27.1 Å². The van der Waals surface area contributed by atoms with Gasteiger partial charge in [-0.05, 0) is 36.4 Å². The van der Waals surface area contributed by atoms with Gasteiger partial charge >= 0.3 is 0 Å². The third kappa shape index (κ3) is 4.88. The van der Waals surface area contributed by atoms with Crippen molar-refractivity contribution in [2.75, 3.05) is 19.4 Å². The lowest BCUT2D eigenvalue weighted by Crippen LogP contribution is -2.22. The molecule has 0 aliphatic heterocycles. The van der Waals surface area contributed by atoms with Gasteiger partial charge in [-0.1, -0.05) is 0 Å². The molecule has 0 radical (unpaired) electrons. The summed E-state index contributed by atoms with van der Waals surface area (Å²) in [5.74, 6) is -0.460. The zero-order valence-corrected chi connectivity index (χ0v) is 15.7. The molecule has 0 aliphatic carbocycles. The van der Waals surface area contributed by atoms with Crippen molar-refractivity contribution < 1.29 is 18.0 Å². The zero-order chi connectivity index (χ0) is 18.6. The van der Waals surface area contributed by atoms with Gasteiger partial charge in [0.15, 0.2) is 0 Å². The number of thiophene rings is 1. The number of anilines is 1. The Kier molecular flexibility index (Phi) is 5.93. The van der Waals surface area contributed by atoms with E-state index in [1.54, 1.807) is 30.3 Å². The molecule has 2 amide bonds. The van der Waals surface area contributed by atoms with Crippen LogP contribution in [0.4, 0.5) is 5.69 Å². The fraction of sp³-hybridized carbons (Fsp3) is 0.250. The van der Waals surface area contributed by atoms with E-state index in [1.807, 2.05) is 0 Å². The molecule has 0 spiro atoms. The van der Waals surface area contributed by atoms with E-state index >= 15 is 0 Å². The highest BCUT2D eigenvalue weighted by Gasteiger charge is 2.19. The van der Waals surface area contributed by atoms with E-state index in [0.717, 1.165) is 20.5 Å². The van der Waals surface area contributed by atoms with Crippen LogP contribution in [0.5, 0.6) is 0 Å². The average molecular weight is 381 g/mol. The maximum Gasteiger partial charge on any atom is 0.252 e. The molecule has 0 aliphatic rings. The Hall–Kier alpha value is -2.23. The summed E-state index contributed by atoms with van der Waals surface area (Å²) >= 11 is 1.12. The number of carbonyl (C=O) groups is 2. The van der Waals surface area contributed by atoms with Crippen molar-refractivity contribution in [3.05, 3.63) is 46.8 Å². The standard InChI is InChI=1S/C16H19N3O4S2/c1-11(20)18-13-6-4-12(5-7-13)16(21)17-10-14-8-9-15(24-14)25(22,23)19(2)3/h4-9H,10H2,1-3H3,(H,17,21)(H,18,20). The van der Waals surface area contributed by atoms with Crippen LogP contribution in [0, 0.1) is 0 Å². The number of nitrogens with one attached hydrogen (secondary N) is 2. The lowest BCUT2D eigenvalue weighted by Gasteiger charge is -2.08. The molecule has 1 heterocycles. The van der Waals surface area contributed by atoms with Crippen molar-refractivity contribution in [2.24, 2.45) is 0 Å². The first-order valence-corrected chi connectivity index (χ1v) is 9.63. The van der Waals surface area contributed by atoms with Crippen molar-refractivity contribution >= 4 is 38.9 Å². The minimum Gasteiger partial charge on any atom is -0.347 e. The predicted molar refractivity (Wildman–Crippen MR) is 97.1 cm³/mol. The first-order chi connectivity index (χ1) is 11.7. The molecular formula is C16H19N3O4S2. The van der Waals surface area contributed by atoms with Gasteiger partial charge in [0.1, 0.15) is 4.21 Å². The van der Waals surface area contributed by atoms with Crippen molar-refractivity contribution in [2.45, 2.75) is 17.7 Å². The van der Waals surface area contributed by atoms with Crippen LogP contribution in [0.15, 0.2) is 40.6 Å². The molecule has 1 aromatic carbocycles. The molecule has 0 saturated heterocycles. The van der Waals surface area contributed by atoms with E-state index in [2.05, 4.69) is 10.6 Å². The van der Waals surface area contributed by atoms with E-state index in [-0.39, 0.29) is 22.6 Å². The van der Waals surface area contributed by atoms with Crippen molar-refractivity contribution in [3.63, 3.8) is 0 Å². The highest BCUT2D eigenvalue weighted by atomic mass is 32.2. The molecule has 134 valence electrons. The topological polar surface area (TPSA) is 95.6 Å². The summed E-state index contributed by atoms with van der Waals surface area (Å²) in [6, 6.07) is 9.71. The van der Waals surface area contributed by atoms with Crippen LogP contribution in [-0.2, 0) is 21.4 Å². The molecule has 2 aromatic rings. The summed E-state index contributed by atoms with van der Waals surface area (Å²) in [4.78, 5) is 23.9. The normalized spacial score (nSPS) is 11.4. The van der Waals surface area contributed by atoms with Gasteiger partial charge in [-0.15, -0.1) is 11.3 Å². The van der Waals surface area contributed by atoms with Gasteiger partial charge in [-0.2, -0.15) is 0 Å². The van der Waals surface area contributed by atoms with Gasteiger partial charge < -0.3 is 10.6 Å². The largest absolute Gasteiger partial charge is 0.347 e. The lowest BCUT2D eigenvalue weighted by atomic mass is 10.2. The summed E-state index contributed by atoms with van der Waals surface area (Å²) < 4.78 is 25.5. The Morgan fingerprint density at radius 3 is 2.28 bits per heavy atom. The first-order valence-electron chi connectivity index (χ1n) is 7.37. The summed E-state index contributed by atoms with van der Waals surface area (Å²) in [5.41, 5.74) is 1.06. The second-order valence-electron chi connectivity index (χ2n) is 5.45. The van der Waals surface area contributed by atoms with Crippen LogP contribution in [0.25, 0.3) is 0 Å². The van der Waals surface area contributed by atoms with E-state index in [9.17, 15) is 18.0 Å². The summed E-state index contributed by atoms with van der Waals surface area (Å²) in [7, 11) is -0.510. The number of hydrogen-bond donors (Lipinski definition) is 2. The van der Waals surface area contributed by atoms with Gasteiger partial charge in [-0.25, -0.2) is 12.7 Å². The molecule has 2 N–H and O–H groups in total. The average Bonchev–Trinajstić information content (AvgIpc) is 3.02. The van der Waals surface area contributed by atoms with Gasteiger partial charge in [0, 0.05) is 37.1 Å². The Morgan fingerprint density at radius 1 is 1.08 bits per heavy atom. The number of hydrogen-bond acceptors (Lipinski definition) is 5. The van der Waals surface area contributed by atoms with Crippen LogP contribution in [0.2, 0.25) is 0 Å². The Labute approximate surface area is 150 Å². The van der Waals surface area contributed by atoms with E-state index in [0.29, 0.717) is 11.3 Å².